The summed E-state index contributed by atoms with van der Waals surface area (Å²) >= 11 is 0. The average molecular weight is 286 g/mol. The third kappa shape index (κ3) is 7.10. The van der Waals surface area contributed by atoms with Crippen LogP contribution in [0.15, 0.2) is 0 Å². The van der Waals surface area contributed by atoms with E-state index in [1.165, 1.54) is 12.8 Å². The number of hydrogen-bond acceptors (Lipinski definition) is 4. The van der Waals surface area contributed by atoms with Crippen molar-refractivity contribution in [2.45, 2.75) is 64.6 Å². The Labute approximate surface area is 122 Å². The number of amides is 1. The lowest BCUT2D eigenvalue weighted by Crippen LogP contribution is -2.54. The molecule has 5 heteroatoms. The molecule has 0 aromatic carbocycles. The third-order valence-corrected chi connectivity index (χ3v) is 3.18. The molecule has 0 saturated heterocycles. The molecule has 1 saturated carbocycles. The van der Waals surface area contributed by atoms with E-state index in [1.54, 1.807) is 7.11 Å². The minimum Gasteiger partial charge on any atom is -0.444 e. The van der Waals surface area contributed by atoms with Crippen LogP contribution >= 0.6 is 0 Å². The Kier molecular flexibility index (Phi) is 5.83. The van der Waals surface area contributed by atoms with Crippen LogP contribution in [0.5, 0.6) is 0 Å². The van der Waals surface area contributed by atoms with Crippen LogP contribution in [0, 0.1) is 5.92 Å². The Morgan fingerprint density at radius 3 is 2.30 bits per heavy atom. The molecule has 0 aliphatic heterocycles. The van der Waals surface area contributed by atoms with Gasteiger partial charge in [0.25, 0.3) is 0 Å². The molecule has 0 aromatic rings. The molecule has 1 amide bonds. The van der Waals surface area contributed by atoms with E-state index in [0.29, 0.717) is 25.1 Å². The summed E-state index contributed by atoms with van der Waals surface area (Å²) < 4.78 is 10.5. The lowest BCUT2D eigenvalue weighted by molar-refractivity contribution is 0.0468. The van der Waals surface area contributed by atoms with Gasteiger partial charge >= 0.3 is 6.09 Å². The van der Waals surface area contributed by atoms with E-state index in [9.17, 15) is 4.79 Å². The highest BCUT2D eigenvalue weighted by atomic mass is 16.6. The van der Waals surface area contributed by atoms with E-state index in [1.807, 2.05) is 34.6 Å². The third-order valence-electron chi connectivity index (χ3n) is 3.18. The van der Waals surface area contributed by atoms with Crippen molar-refractivity contribution in [3.8, 4) is 0 Å². The fourth-order valence-corrected chi connectivity index (χ4v) is 2.05. The summed E-state index contributed by atoms with van der Waals surface area (Å²) in [5.74, 6) is 0.715. The number of carbonyl (C=O) groups excluding carboxylic acids is 1. The van der Waals surface area contributed by atoms with E-state index in [0.717, 1.165) is 0 Å². The van der Waals surface area contributed by atoms with Crippen LogP contribution in [0.1, 0.15) is 47.5 Å². The SMILES string of the molecule is COCC(NCC(C)(C)NC(=O)OC(C)(C)C)C1CC1. The van der Waals surface area contributed by atoms with Crippen molar-refractivity contribution in [1.29, 1.82) is 0 Å². The van der Waals surface area contributed by atoms with Crippen LogP contribution in [0.25, 0.3) is 0 Å². The van der Waals surface area contributed by atoms with Gasteiger partial charge in [-0.15, -0.1) is 0 Å². The highest BCUT2D eigenvalue weighted by molar-refractivity contribution is 5.68. The summed E-state index contributed by atoms with van der Waals surface area (Å²) in [6.07, 6.45) is 2.15. The van der Waals surface area contributed by atoms with Gasteiger partial charge in [0.2, 0.25) is 0 Å². The minimum atomic E-state index is -0.472. The highest BCUT2D eigenvalue weighted by Crippen LogP contribution is 2.32. The van der Waals surface area contributed by atoms with E-state index in [2.05, 4.69) is 10.6 Å². The maximum atomic E-state index is 11.8. The van der Waals surface area contributed by atoms with E-state index < -0.39 is 5.60 Å². The molecule has 1 atom stereocenters. The first-order chi connectivity index (χ1) is 9.13. The zero-order valence-electron chi connectivity index (χ0n) is 13.7. The first-order valence-electron chi connectivity index (χ1n) is 7.36. The number of alkyl carbamates (subject to hydrolysis) is 1. The Morgan fingerprint density at radius 1 is 1.25 bits per heavy atom. The normalized spacial score (nSPS) is 17.7. The van der Waals surface area contributed by atoms with E-state index >= 15 is 0 Å². The Morgan fingerprint density at radius 2 is 1.85 bits per heavy atom. The van der Waals surface area contributed by atoms with Crippen molar-refractivity contribution in [2.24, 2.45) is 5.92 Å². The standard InChI is InChI=1S/C15H30N2O3/c1-14(2,3)20-13(18)17-15(4,5)10-16-12(9-19-6)11-7-8-11/h11-12,16H,7-10H2,1-6H3,(H,17,18). The van der Waals surface area contributed by atoms with Gasteiger partial charge in [0.1, 0.15) is 5.60 Å². The summed E-state index contributed by atoms with van der Waals surface area (Å²) in [5, 5.41) is 6.40. The second-order valence-corrected chi connectivity index (χ2v) is 7.29. The maximum Gasteiger partial charge on any atom is 0.408 e. The highest BCUT2D eigenvalue weighted by Gasteiger charge is 2.32. The van der Waals surface area contributed by atoms with Crippen LogP contribution in [-0.4, -0.2) is 43.5 Å². The number of hydrogen-bond donors (Lipinski definition) is 2. The predicted octanol–water partition coefficient (Wildman–Crippen LogP) is 2.30. The largest absolute Gasteiger partial charge is 0.444 e. The molecule has 0 spiro atoms. The second-order valence-electron chi connectivity index (χ2n) is 7.29. The summed E-state index contributed by atoms with van der Waals surface area (Å²) in [7, 11) is 1.72. The zero-order valence-corrected chi connectivity index (χ0v) is 13.7. The van der Waals surface area contributed by atoms with Gasteiger partial charge in [-0.1, -0.05) is 0 Å². The van der Waals surface area contributed by atoms with Gasteiger partial charge in [-0.3, -0.25) is 0 Å². The molecule has 2 N–H and O–H groups in total. The van der Waals surface area contributed by atoms with Crippen LogP contribution < -0.4 is 10.6 Å². The lowest BCUT2D eigenvalue weighted by atomic mass is 10.0. The van der Waals surface area contributed by atoms with Gasteiger partial charge in [0.15, 0.2) is 0 Å². The molecule has 0 radical (unpaired) electrons. The molecule has 0 heterocycles. The van der Waals surface area contributed by atoms with Gasteiger partial charge in [-0.25, -0.2) is 4.79 Å². The average Bonchev–Trinajstić information content (AvgIpc) is 3.03. The summed E-state index contributed by atoms with van der Waals surface area (Å²) in [4.78, 5) is 11.8. The van der Waals surface area contributed by atoms with Crippen molar-refractivity contribution < 1.29 is 14.3 Å². The first kappa shape index (κ1) is 17.2. The number of ether oxygens (including phenoxy) is 2. The molecule has 0 bridgehead atoms. The molecule has 20 heavy (non-hydrogen) atoms. The molecule has 118 valence electrons. The van der Waals surface area contributed by atoms with Crippen molar-refractivity contribution in [3.05, 3.63) is 0 Å². The lowest BCUT2D eigenvalue weighted by Gasteiger charge is -2.30. The minimum absolute atomic E-state index is 0.358. The van der Waals surface area contributed by atoms with Gasteiger partial charge in [0.05, 0.1) is 12.1 Å². The fourth-order valence-electron chi connectivity index (χ4n) is 2.05. The monoisotopic (exact) mass is 286 g/mol. The van der Waals surface area contributed by atoms with Gasteiger partial charge in [-0.05, 0) is 53.4 Å². The Hall–Kier alpha value is -0.810. The van der Waals surface area contributed by atoms with Crippen molar-refractivity contribution >= 4 is 6.09 Å². The summed E-state index contributed by atoms with van der Waals surface area (Å²) in [6, 6.07) is 0.375. The van der Waals surface area contributed by atoms with Crippen LogP contribution in [0.2, 0.25) is 0 Å². The fraction of sp³-hybridized carbons (Fsp3) is 0.933. The van der Waals surface area contributed by atoms with Crippen LogP contribution in [0.4, 0.5) is 4.79 Å². The van der Waals surface area contributed by atoms with Gasteiger partial charge in [0, 0.05) is 19.7 Å². The van der Waals surface area contributed by atoms with Crippen molar-refractivity contribution in [1.82, 2.24) is 10.6 Å². The van der Waals surface area contributed by atoms with Gasteiger partial charge in [-0.2, -0.15) is 0 Å². The zero-order chi connectivity index (χ0) is 15.4. The molecule has 1 aliphatic carbocycles. The smallest absolute Gasteiger partial charge is 0.408 e. The number of nitrogens with one attached hydrogen (secondary N) is 2. The molecule has 0 aromatic heterocycles. The molecule has 1 unspecified atom stereocenters. The van der Waals surface area contributed by atoms with Crippen LogP contribution in [0.3, 0.4) is 0 Å². The second kappa shape index (κ2) is 6.76. The number of rotatable bonds is 7. The molecule has 1 aliphatic rings. The summed E-state index contributed by atoms with van der Waals surface area (Å²) in [5.41, 5.74) is -0.830. The topological polar surface area (TPSA) is 59.6 Å². The predicted molar refractivity (Wildman–Crippen MR) is 79.8 cm³/mol. The maximum absolute atomic E-state index is 11.8. The Balaban J connectivity index is 2.37. The summed E-state index contributed by atoms with van der Waals surface area (Å²) in [6.45, 7) is 11.0. The molecule has 5 nitrogen and oxygen atoms in total. The number of carbonyl (C=O) groups is 1. The first-order valence-corrected chi connectivity index (χ1v) is 7.36. The number of methoxy groups -OCH3 is 1. The Bertz CT molecular complexity index is 320. The molecule has 1 rings (SSSR count). The molecule has 1 fully saturated rings. The van der Waals surface area contributed by atoms with Crippen molar-refractivity contribution in [2.75, 3.05) is 20.3 Å². The van der Waals surface area contributed by atoms with Crippen LogP contribution in [-0.2, 0) is 9.47 Å². The molecular weight excluding hydrogens is 256 g/mol. The van der Waals surface area contributed by atoms with Gasteiger partial charge < -0.3 is 20.1 Å². The quantitative estimate of drug-likeness (QED) is 0.754. The van der Waals surface area contributed by atoms with E-state index in [4.69, 9.17) is 9.47 Å². The molecular formula is C15H30N2O3. The van der Waals surface area contributed by atoms with Crippen molar-refractivity contribution in [3.63, 3.8) is 0 Å². The van der Waals surface area contributed by atoms with E-state index in [-0.39, 0.29) is 11.6 Å².